The van der Waals surface area contributed by atoms with Crippen LogP contribution in [0, 0.1) is 0 Å². The topological polar surface area (TPSA) is 40.5 Å². The molecule has 2 atom stereocenters. The largest absolute Gasteiger partial charge is 0.389 e. The summed E-state index contributed by atoms with van der Waals surface area (Å²) in [6.45, 7) is 8.04. The minimum Gasteiger partial charge on any atom is -0.389 e. The Hall–Kier alpha value is -1.90. The second-order valence-corrected chi connectivity index (χ2v) is 6.67. The molecule has 150 valence electrons. The molecule has 0 heterocycles. The van der Waals surface area contributed by atoms with Gasteiger partial charge in [-0.05, 0) is 51.9 Å². The van der Waals surface area contributed by atoms with Crippen LogP contribution in [-0.2, 0) is 0 Å². The highest BCUT2D eigenvalue weighted by atomic mass is 16.3. The van der Waals surface area contributed by atoms with Crippen LogP contribution in [-0.4, -0.2) is 22.4 Å². The highest BCUT2D eigenvalue weighted by Gasteiger charge is 1.93. The summed E-state index contributed by atoms with van der Waals surface area (Å²) in [6, 6.07) is 0. The van der Waals surface area contributed by atoms with Gasteiger partial charge in [0, 0.05) is 0 Å². The van der Waals surface area contributed by atoms with Crippen LogP contribution in [0.2, 0.25) is 0 Å². The third-order valence-corrected chi connectivity index (χ3v) is 3.74. The third-order valence-electron chi connectivity index (χ3n) is 3.74. The molecule has 0 saturated carbocycles. The quantitative estimate of drug-likeness (QED) is 0.200. The highest BCUT2D eigenvalue weighted by molar-refractivity contribution is 5.13. The van der Waals surface area contributed by atoms with Crippen molar-refractivity contribution in [3.8, 4) is 0 Å². The average Bonchev–Trinajstić information content (AvgIpc) is 2.63. The Kier molecular flexibility index (Phi) is 17.5. The fraction of sp³-hybridized carbons (Fsp3) is 0.440. The summed E-state index contributed by atoms with van der Waals surface area (Å²) in [6.07, 6.45) is 29.0. The van der Waals surface area contributed by atoms with E-state index in [1.165, 1.54) is 5.57 Å². The monoisotopic (exact) mass is 370 g/mol. The van der Waals surface area contributed by atoms with Gasteiger partial charge in [-0.15, -0.1) is 6.58 Å². The Balaban J connectivity index is 3.84. The molecule has 0 aromatic carbocycles. The summed E-state index contributed by atoms with van der Waals surface area (Å²) in [5, 5.41) is 19.6. The summed E-state index contributed by atoms with van der Waals surface area (Å²) in [4.78, 5) is 0. The maximum atomic E-state index is 9.88. The van der Waals surface area contributed by atoms with Gasteiger partial charge < -0.3 is 10.2 Å². The lowest BCUT2D eigenvalue weighted by molar-refractivity contribution is 0.226. The Labute approximate surface area is 166 Å². The van der Waals surface area contributed by atoms with E-state index < -0.39 is 12.2 Å². The van der Waals surface area contributed by atoms with Gasteiger partial charge in [0.2, 0.25) is 0 Å². The van der Waals surface area contributed by atoms with Gasteiger partial charge in [-0.3, -0.25) is 0 Å². The zero-order valence-corrected chi connectivity index (χ0v) is 17.1. The number of aliphatic hydroxyl groups excluding tert-OH is 2. The molecule has 0 saturated heterocycles. The molecule has 0 aliphatic heterocycles. The second kappa shape index (κ2) is 18.9. The van der Waals surface area contributed by atoms with Crippen molar-refractivity contribution in [2.75, 3.05) is 0 Å². The third kappa shape index (κ3) is 20.3. The van der Waals surface area contributed by atoms with Gasteiger partial charge in [0.15, 0.2) is 0 Å². The molecule has 0 spiro atoms. The van der Waals surface area contributed by atoms with Gasteiger partial charge in [0.1, 0.15) is 0 Å². The Morgan fingerprint density at radius 1 is 0.815 bits per heavy atom. The molecule has 0 aliphatic rings. The van der Waals surface area contributed by atoms with E-state index in [1.807, 2.05) is 42.5 Å². The fourth-order valence-corrected chi connectivity index (χ4v) is 2.22. The van der Waals surface area contributed by atoms with Crippen LogP contribution in [0.4, 0.5) is 0 Å². The van der Waals surface area contributed by atoms with Crippen molar-refractivity contribution < 1.29 is 10.2 Å². The van der Waals surface area contributed by atoms with Crippen molar-refractivity contribution in [1.82, 2.24) is 0 Å². The minimum absolute atomic E-state index is 0.447. The van der Waals surface area contributed by atoms with E-state index in [0.29, 0.717) is 12.8 Å². The molecule has 0 radical (unpaired) electrons. The SMILES string of the molecule is C=C(C)CCC/C=C\C/C=C\C[C@@H](O)/C=C/C=C/C=C\[C@H](O)C/C=C\CC. The number of allylic oxidation sites excluding steroid dienone is 9. The standard InChI is InChI=1S/C25H38O2/c1-4-5-13-19-24(26)21-16-11-12-17-22-25(27)20-15-10-8-6-7-9-14-18-23(2)3/h5-7,10-13,15-17,21-22,24-27H,2,4,8-9,14,18-20H2,1,3H3/b7-6-,12-11+,13-5-,15-10-,21-16-,22-17+/t24-,25-/m1/s1. The zero-order chi connectivity index (χ0) is 20.2. The predicted molar refractivity (Wildman–Crippen MR) is 120 cm³/mol. The summed E-state index contributed by atoms with van der Waals surface area (Å²) >= 11 is 0. The maximum absolute atomic E-state index is 9.88. The van der Waals surface area contributed by atoms with Gasteiger partial charge in [0.05, 0.1) is 12.2 Å². The summed E-state index contributed by atoms with van der Waals surface area (Å²) in [5.74, 6) is 0. The van der Waals surface area contributed by atoms with Crippen molar-refractivity contribution >= 4 is 0 Å². The first-order chi connectivity index (χ1) is 13.1. The average molecular weight is 371 g/mol. The second-order valence-electron chi connectivity index (χ2n) is 6.67. The van der Waals surface area contributed by atoms with Crippen LogP contribution >= 0.6 is 0 Å². The minimum atomic E-state index is -0.473. The zero-order valence-electron chi connectivity index (χ0n) is 17.1. The van der Waals surface area contributed by atoms with Gasteiger partial charge >= 0.3 is 0 Å². The Morgan fingerprint density at radius 2 is 1.37 bits per heavy atom. The maximum Gasteiger partial charge on any atom is 0.0758 e. The Morgan fingerprint density at radius 3 is 1.93 bits per heavy atom. The number of rotatable bonds is 15. The molecular formula is C25H38O2. The van der Waals surface area contributed by atoms with Crippen LogP contribution in [0.5, 0.6) is 0 Å². The van der Waals surface area contributed by atoms with E-state index in [0.717, 1.165) is 32.1 Å². The van der Waals surface area contributed by atoms with Crippen molar-refractivity contribution in [2.24, 2.45) is 0 Å². The molecule has 2 heteroatoms. The molecule has 0 fully saturated rings. The van der Waals surface area contributed by atoms with Crippen molar-refractivity contribution in [3.63, 3.8) is 0 Å². The molecule has 0 amide bonds. The lowest BCUT2D eigenvalue weighted by atomic mass is 10.1. The molecule has 0 unspecified atom stereocenters. The highest BCUT2D eigenvalue weighted by Crippen LogP contribution is 2.05. The van der Waals surface area contributed by atoms with E-state index >= 15 is 0 Å². The summed E-state index contributed by atoms with van der Waals surface area (Å²) in [7, 11) is 0. The van der Waals surface area contributed by atoms with Gasteiger partial charge in [-0.25, -0.2) is 0 Å². The molecule has 0 rings (SSSR count). The van der Waals surface area contributed by atoms with E-state index in [2.05, 4.69) is 38.7 Å². The van der Waals surface area contributed by atoms with Crippen LogP contribution < -0.4 is 0 Å². The lowest BCUT2D eigenvalue weighted by Crippen LogP contribution is -1.98. The van der Waals surface area contributed by atoms with Gasteiger partial charge in [-0.1, -0.05) is 85.4 Å². The first-order valence-electron chi connectivity index (χ1n) is 10.0. The van der Waals surface area contributed by atoms with Gasteiger partial charge in [0.25, 0.3) is 0 Å². The van der Waals surface area contributed by atoms with Gasteiger partial charge in [-0.2, -0.15) is 0 Å². The molecule has 0 aliphatic carbocycles. The lowest BCUT2D eigenvalue weighted by Gasteiger charge is -1.99. The van der Waals surface area contributed by atoms with E-state index in [-0.39, 0.29) is 0 Å². The normalized spacial score (nSPS) is 15.4. The van der Waals surface area contributed by atoms with Crippen LogP contribution in [0.3, 0.4) is 0 Å². The van der Waals surface area contributed by atoms with Crippen molar-refractivity contribution in [1.29, 1.82) is 0 Å². The molecule has 2 nitrogen and oxygen atoms in total. The molecular weight excluding hydrogens is 332 g/mol. The smallest absolute Gasteiger partial charge is 0.0758 e. The van der Waals surface area contributed by atoms with E-state index in [1.54, 1.807) is 12.2 Å². The number of aliphatic hydroxyl groups is 2. The van der Waals surface area contributed by atoms with Crippen LogP contribution in [0.1, 0.15) is 58.8 Å². The Bertz CT molecular complexity index is 533. The molecule has 0 aromatic rings. The first kappa shape index (κ1) is 25.1. The molecule has 2 N–H and O–H groups in total. The van der Waals surface area contributed by atoms with Crippen LogP contribution in [0.25, 0.3) is 0 Å². The van der Waals surface area contributed by atoms with E-state index in [4.69, 9.17) is 0 Å². The summed E-state index contributed by atoms with van der Waals surface area (Å²) < 4.78 is 0. The van der Waals surface area contributed by atoms with Crippen LogP contribution in [0.15, 0.2) is 85.1 Å². The number of unbranched alkanes of at least 4 members (excludes halogenated alkanes) is 1. The number of hydrogen-bond acceptors (Lipinski definition) is 2. The molecule has 27 heavy (non-hydrogen) atoms. The fourth-order valence-electron chi connectivity index (χ4n) is 2.22. The first-order valence-corrected chi connectivity index (χ1v) is 10.0. The summed E-state index contributed by atoms with van der Waals surface area (Å²) in [5.41, 5.74) is 1.24. The molecule has 0 aromatic heterocycles. The molecule has 0 bridgehead atoms. The predicted octanol–water partition coefficient (Wildman–Crippen LogP) is 6.37. The van der Waals surface area contributed by atoms with Crippen molar-refractivity contribution in [2.45, 2.75) is 71.0 Å². The van der Waals surface area contributed by atoms with E-state index in [9.17, 15) is 10.2 Å². The number of hydrogen-bond donors (Lipinski definition) is 2. The van der Waals surface area contributed by atoms with Crippen molar-refractivity contribution in [3.05, 3.63) is 85.1 Å².